The molecule has 9 aromatic rings. The summed E-state index contributed by atoms with van der Waals surface area (Å²) in [7, 11) is 0. The van der Waals surface area contributed by atoms with Crippen LogP contribution in [0.3, 0.4) is 0 Å². The Labute approximate surface area is 451 Å². The number of rotatable bonds is 6. The molecule has 0 radical (unpaired) electrons. The molecule has 0 atom stereocenters. The van der Waals surface area contributed by atoms with Gasteiger partial charge in [0.15, 0.2) is 0 Å². The van der Waals surface area contributed by atoms with Gasteiger partial charge >= 0.3 is 0 Å². The molecule has 75 heavy (non-hydrogen) atoms. The smallest absolute Gasteiger partial charge is 0.264 e. The van der Waals surface area contributed by atoms with E-state index in [0.29, 0.717) is 0 Å². The lowest BCUT2D eigenvalue weighted by Gasteiger charge is -2.48. The second-order valence-electron chi connectivity index (χ2n) is 25.9. The Hall–Kier alpha value is -6.82. The van der Waals surface area contributed by atoms with Gasteiger partial charge in [-0.25, -0.2) is 0 Å². The molecular formula is C70H70BN3S. The van der Waals surface area contributed by atoms with Crippen LogP contribution in [0.1, 0.15) is 130 Å². The summed E-state index contributed by atoms with van der Waals surface area (Å²) in [5.74, 6) is 0. The summed E-state index contributed by atoms with van der Waals surface area (Å²) in [4.78, 5) is 7.90. The lowest BCUT2D eigenvalue weighted by Crippen LogP contribution is -2.61. The van der Waals surface area contributed by atoms with Crippen molar-refractivity contribution in [2.75, 3.05) is 14.7 Å². The van der Waals surface area contributed by atoms with Crippen molar-refractivity contribution in [1.82, 2.24) is 0 Å². The Morgan fingerprint density at radius 3 is 1.61 bits per heavy atom. The monoisotopic (exact) mass is 996 g/mol. The van der Waals surface area contributed by atoms with E-state index < -0.39 is 0 Å². The fraction of sp³-hybridized carbons (Fsp3) is 0.286. The van der Waals surface area contributed by atoms with Crippen LogP contribution in [-0.4, -0.2) is 6.71 Å². The number of thiophene rings is 1. The molecule has 3 heterocycles. The van der Waals surface area contributed by atoms with Crippen LogP contribution in [0.5, 0.6) is 0 Å². The van der Waals surface area contributed by atoms with Gasteiger partial charge in [-0.05, 0) is 170 Å². The molecule has 2 aliphatic carbocycles. The van der Waals surface area contributed by atoms with Gasteiger partial charge in [-0.2, -0.15) is 0 Å². The minimum atomic E-state index is -0.0510. The molecule has 13 rings (SSSR count). The number of hydrogen-bond donors (Lipinski definition) is 0. The summed E-state index contributed by atoms with van der Waals surface area (Å²) in [6, 6.07) is 67.7. The van der Waals surface area contributed by atoms with Gasteiger partial charge in [0.05, 0.1) is 17.1 Å². The summed E-state index contributed by atoms with van der Waals surface area (Å²) in [6.07, 6.45) is 4.64. The highest BCUT2D eigenvalue weighted by Crippen LogP contribution is 2.56. The number of hydrogen-bond acceptors (Lipinski definition) is 4. The number of benzene rings is 8. The molecule has 0 bridgehead atoms. The van der Waals surface area contributed by atoms with Gasteiger partial charge in [-0.3, -0.25) is 0 Å². The molecule has 4 aliphatic rings. The molecule has 0 saturated carbocycles. The van der Waals surface area contributed by atoms with Crippen molar-refractivity contribution in [2.45, 2.75) is 129 Å². The second-order valence-corrected chi connectivity index (χ2v) is 27.0. The van der Waals surface area contributed by atoms with Crippen molar-refractivity contribution < 1.29 is 0 Å². The van der Waals surface area contributed by atoms with Gasteiger partial charge in [0.25, 0.3) is 6.71 Å². The third-order valence-corrected chi connectivity index (χ3v) is 19.3. The number of fused-ring (bicyclic) bond motifs is 8. The van der Waals surface area contributed by atoms with E-state index in [2.05, 4.69) is 267 Å². The first-order chi connectivity index (χ1) is 35.8. The summed E-state index contributed by atoms with van der Waals surface area (Å²) in [5, 5.41) is 1.29. The molecule has 0 saturated heterocycles. The first kappa shape index (κ1) is 47.9. The molecule has 1 aromatic heterocycles. The van der Waals surface area contributed by atoms with Gasteiger partial charge in [-0.1, -0.05) is 179 Å². The molecule has 0 amide bonds. The molecule has 0 spiro atoms. The SMILES string of the molecule is CC(C)(C)c1ccc(N2c3cc(N(c4ccccc4)c4ccccc4)cc4c3B(c3cc5c(cc3N4c3ccc4c(c3)C(C)(C)CCC4(C)C)C(C)(C)CCC5(C)C)c3sc4ccccc4c32)c(-c2ccccc2)c1. The maximum atomic E-state index is 2.72. The molecule has 5 heteroatoms. The lowest BCUT2D eigenvalue weighted by atomic mass is 9.35. The molecule has 0 N–H and O–H groups in total. The largest absolute Gasteiger partial charge is 0.311 e. The number of nitrogens with zero attached hydrogens (tertiary/aromatic N) is 3. The van der Waals surface area contributed by atoms with Crippen molar-refractivity contribution in [3.63, 3.8) is 0 Å². The first-order valence-electron chi connectivity index (χ1n) is 27.5. The third kappa shape index (κ3) is 7.57. The highest BCUT2D eigenvalue weighted by molar-refractivity contribution is 7.33. The standard InChI is InChI=1S/C70H70BN3S/c1-66(2,3)46-31-34-58(52(39-46)45-23-15-12-16-24-45)74-61-42-50(72(47-25-17-13-18-26-47)48-27-19-14-20-28-48)41-60-63(61)71(65-64(74)51-29-21-22-30-62(51)75-65)57-43-55-56(70(10,11)38-37-69(55,8)9)44-59(57)73(60)49-32-33-53-54(40-49)68(6,7)36-35-67(53,4)5/h12-34,39-44H,35-38H2,1-11H3. The van der Waals surface area contributed by atoms with Crippen molar-refractivity contribution in [3.05, 3.63) is 204 Å². The molecular weight excluding hydrogens is 926 g/mol. The van der Waals surface area contributed by atoms with Crippen LogP contribution in [0.25, 0.3) is 21.2 Å². The fourth-order valence-electron chi connectivity index (χ4n) is 13.5. The summed E-state index contributed by atoms with van der Waals surface area (Å²) < 4.78 is 2.72. The summed E-state index contributed by atoms with van der Waals surface area (Å²) in [5.41, 5.74) is 23.4. The van der Waals surface area contributed by atoms with Crippen molar-refractivity contribution in [1.29, 1.82) is 0 Å². The Balaban J connectivity index is 1.21. The maximum Gasteiger partial charge on any atom is 0.264 e. The van der Waals surface area contributed by atoms with Crippen LogP contribution in [0.2, 0.25) is 0 Å². The Bertz CT molecular complexity index is 3690. The van der Waals surface area contributed by atoms with E-state index in [-0.39, 0.29) is 33.8 Å². The minimum absolute atomic E-state index is 0.0112. The van der Waals surface area contributed by atoms with Crippen LogP contribution < -0.4 is 30.4 Å². The topological polar surface area (TPSA) is 9.72 Å². The van der Waals surface area contributed by atoms with Crippen LogP contribution >= 0.6 is 11.3 Å². The molecule has 374 valence electrons. The highest BCUT2D eigenvalue weighted by atomic mass is 32.1. The van der Waals surface area contributed by atoms with Gasteiger partial charge in [-0.15, -0.1) is 11.3 Å². The minimum Gasteiger partial charge on any atom is -0.311 e. The fourth-order valence-corrected chi connectivity index (χ4v) is 14.8. The average Bonchev–Trinajstić information content (AvgIpc) is 3.81. The van der Waals surface area contributed by atoms with Crippen LogP contribution in [0, 0.1) is 0 Å². The zero-order chi connectivity index (χ0) is 52.0. The summed E-state index contributed by atoms with van der Waals surface area (Å²) >= 11 is 2.00. The van der Waals surface area contributed by atoms with E-state index >= 15 is 0 Å². The van der Waals surface area contributed by atoms with Crippen LogP contribution in [-0.2, 0) is 27.1 Å². The molecule has 8 aromatic carbocycles. The first-order valence-corrected chi connectivity index (χ1v) is 28.4. The normalized spacial score (nSPS) is 17.4. The van der Waals surface area contributed by atoms with E-state index in [1.807, 2.05) is 11.3 Å². The zero-order valence-electron chi connectivity index (χ0n) is 45.9. The number of anilines is 9. The van der Waals surface area contributed by atoms with Gasteiger partial charge in [0.2, 0.25) is 0 Å². The Morgan fingerprint density at radius 2 is 1.00 bits per heavy atom. The van der Waals surface area contributed by atoms with E-state index in [1.165, 1.54) is 105 Å². The molecule has 3 nitrogen and oxygen atoms in total. The summed E-state index contributed by atoms with van der Waals surface area (Å²) in [6.45, 7) is 26.8. The lowest BCUT2D eigenvalue weighted by molar-refractivity contribution is 0.332. The van der Waals surface area contributed by atoms with Gasteiger partial charge in [0, 0.05) is 54.6 Å². The molecule has 2 aliphatic heterocycles. The molecule has 0 unspecified atom stereocenters. The van der Waals surface area contributed by atoms with Crippen molar-refractivity contribution in [2.24, 2.45) is 0 Å². The van der Waals surface area contributed by atoms with E-state index in [4.69, 9.17) is 0 Å². The average molecular weight is 996 g/mol. The number of para-hydroxylation sites is 2. The van der Waals surface area contributed by atoms with Gasteiger partial charge in [0.1, 0.15) is 0 Å². The zero-order valence-corrected chi connectivity index (χ0v) is 46.7. The maximum absolute atomic E-state index is 2.72. The highest BCUT2D eigenvalue weighted by Gasteiger charge is 2.49. The van der Waals surface area contributed by atoms with E-state index in [1.54, 1.807) is 0 Å². The third-order valence-electron chi connectivity index (χ3n) is 18.1. The van der Waals surface area contributed by atoms with Crippen molar-refractivity contribution >= 4 is 95.0 Å². The van der Waals surface area contributed by atoms with Crippen LogP contribution in [0.15, 0.2) is 176 Å². The van der Waals surface area contributed by atoms with Gasteiger partial charge < -0.3 is 14.7 Å². The second kappa shape index (κ2) is 16.8. The molecule has 0 fully saturated rings. The Kier molecular flexibility index (Phi) is 10.8. The Morgan fingerprint density at radius 1 is 0.467 bits per heavy atom. The van der Waals surface area contributed by atoms with Crippen molar-refractivity contribution in [3.8, 4) is 11.1 Å². The predicted molar refractivity (Wildman–Crippen MR) is 325 cm³/mol. The quantitative estimate of drug-likeness (QED) is 0.154. The van der Waals surface area contributed by atoms with E-state index in [0.717, 1.165) is 36.3 Å². The van der Waals surface area contributed by atoms with E-state index in [9.17, 15) is 0 Å². The predicted octanol–water partition coefficient (Wildman–Crippen LogP) is 18.1. The van der Waals surface area contributed by atoms with Crippen LogP contribution in [0.4, 0.5) is 51.2 Å².